The molecule has 1 amide bonds. The summed E-state index contributed by atoms with van der Waals surface area (Å²) >= 11 is 8.11. The topological polar surface area (TPSA) is 73.2 Å². The molecule has 0 saturated heterocycles. The summed E-state index contributed by atoms with van der Waals surface area (Å²) in [5.74, 6) is -0.664. The predicted octanol–water partition coefficient (Wildman–Crippen LogP) is 4.98. The van der Waals surface area contributed by atoms with Gasteiger partial charge in [0, 0.05) is 5.02 Å². The average molecular weight is 476 g/mol. The van der Waals surface area contributed by atoms with Gasteiger partial charge in [-0.3, -0.25) is 14.2 Å². The van der Waals surface area contributed by atoms with Crippen molar-refractivity contribution in [3.05, 3.63) is 75.1 Å². The lowest BCUT2D eigenvalue weighted by molar-refractivity contribution is -0.113. The first-order chi connectivity index (χ1) is 15.0. The minimum absolute atomic E-state index is 0.0263. The number of benzene rings is 2. The summed E-state index contributed by atoms with van der Waals surface area (Å²) in [7, 11) is 1.52. The number of halogens is 2. The summed E-state index contributed by atoms with van der Waals surface area (Å²) in [6.07, 6.45) is 0. The Morgan fingerprint density at radius 3 is 2.87 bits per heavy atom. The zero-order valence-electron chi connectivity index (χ0n) is 16.1. The molecular weight excluding hydrogens is 461 g/mol. The largest absolute Gasteiger partial charge is 0.495 e. The highest BCUT2D eigenvalue weighted by atomic mass is 35.5. The van der Waals surface area contributed by atoms with E-state index in [1.54, 1.807) is 35.7 Å². The van der Waals surface area contributed by atoms with Crippen LogP contribution in [0.4, 0.5) is 10.1 Å². The minimum atomic E-state index is -0.630. The van der Waals surface area contributed by atoms with E-state index in [1.165, 1.54) is 35.1 Å². The lowest BCUT2D eigenvalue weighted by Gasteiger charge is -2.15. The van der Waals surface area contributed by atoms with E-state index in [0.717, 1.165) is 17.8 Å². The Balaban J connectivity index is 1.67. The second-order valence-corrected chi connectivity index (χ2v) is 8.60. The number of nitrogens with one attached hydrogen (secondary N) is 1. The molecule has 31 heavy (non-hydrogen) atoms. The molecule has 0 aliphatic rings. The van der Waals surface area contributed by atoms with Gasteiger partial charge in [0.05, 0.1) is 29.8 Å². The van der Waals surface area contributed by atoms with Crippen molar-refractivity contribution in [2.45, 2.75) is 5.16 Å². The number of thioether (sulfide) groups is 1. The molecule has 158 valence electrons. The van der Waals surface area contributed by atoms with E-state index >= 15 is 0 Å². The van der Waals surface area contributed by atoms with Crippen LogP contribution in [0.25, 0.3) is 15.9 Å². The number of amides is 1. The summed E-state index contributed by atoms with van der Waals surface area (Å²) in [5, 5.41) is 4.85. The van der Waals surface area contributed by atoms with Crippen LogP contribution < -0.4 is 15.6 Å². The molecule has 2 aromatic carbocycles. The van der Waals surface area contributed by atoms with Crippen LogP contribution in [0.3, 0.4) is 0 Å². The maximum atomic E-state index is 14.0. The highest BCUT2D eigenvalue weighted by Crippen LogP contribution is 2.28. The molecule has 0 unspecified atom stereocenters. The second-order valence-electron chi connectivity index (χ2n) is 6.30. The van der Waals surface area contributed by atoms with Crippen molar-refractivity contribution >= 4 is 56.5 Å². The number of carbonyl (C=O) groups is 1. The van der Waals surface area contributed by atoms with E-state index in [1.807, 2.05) is 0 Å². The normalized spacial score (nSPS) is 10.9. The summed E-state index contributed by atoms with van der Waals surface area (Å²) in [6, 6.07) is 12.8. The van der Waals surface area contributed by atoms with Crippen molar-refractivity contribution in [2.75, 3.05) is 18.2 Å². The van der Waals surface area contributed by atoms with Crippen LogP contribution in [0, 0.1) is 5.82 Å². The molecule has 4 aromatic rings. The number of carbonyl (C=O) groups excluding carboxylic acids is 1. The van der Waals surface area contributed by atoms with Crippen molar-refractivity contribution in [3.8, 4) is 11.4 Å². The van der Waals surface area contributed by atoms with Crippen molar-refractivity contribution < 1.29 is 13.9 Å². The number of hydrogen-bond donors (Lipinski definition) is 1. The van der Waals surface area contributed by atoms with E-state index in [-0.39, 0.29) is 22.0 Å². The molecule has 10 heteroatoms. The number of anilines is 1. The SMILES string of the molecule is COc1ccccc1-n1c(SCC(=O)Nc2ccc(Cl)cc2F)nc2ccsc2c1=O. The van der Waals surface area contributed by atoms with Gasteiger partial charge in [-0.1, -0.05) is 35.5 Å². The number of aromatic nitrogens is 2. The number of hydrogen-bond acceptors (Lipinski definition) is 6. The summed E-state index contributed by atoms with van der Waals surface area (Å²) in [5.41, 5.74) is 0.840. The van der Waals surface area contributed by atoms with Gasteiger partial charge in [-0.15, -0.1) is 11.3 Å². The summed E-state index contributed by atoms with van der Waals surface area (Å²) in [4.78, 5) is 30.2. The van der Waals surface area contributed by atoms with Gasteiger partial charge in [0.2, 0.25) is 5.91 Å². The van der Waals surface area contributed by atoms with Gasteiger partial charge in [-0.2, -0.15) is 0 Å². The molecular formula is C21H15ClFN3O3S2. The molecule has 0 radical (unpaired) electrons. The Bertz CT molecular complexity index is 1340. The fourth-order valence-electron chi connectivity index (χ4n) is 2.92. The Morgan fingerprint density at radius 2 is 2.10 bits per heavy atom. The van der Waals surface area contributed by atoms with Gasteiger partial charge in [0.1, 0.15) is 16.3 Å². The number of nitrogens with zero attached hydrogens (tertiary/aromatic N) is 2. The Labute approximate surface area is 189 Å². The first-order valence-corrected chi connectivity index (χ1v) is 11.2. The quantitative estimate of drug-likeness (QED) is 0.314. The number of rotatable bonds is 6. The van der Waals surface area contributed by atoms with Crippen LogP contribution >= 0.6 is 34.7 Å². The highest BCUT2D eigenvalue weighted by molar-refractivity contribution is 7.99. The van der Waals surface area contributed by atoms with Crippen LogP contribution in [0.15, 0.2) is 63.9 Å². The zero-order chi connectivity index (χ0) is 22.0. The van der Waals surface area contributed by atoms with E-state index in [0.29, 0.717) is 26.8 Å². The first kappa shape index (κ1) is 21.4. The van der Waals surface area contributed by atoms with Crippen LogP contribution in [-0.4, -0.2) is 28.3 Å². The number of thiophene rings is 1. The van der Waals surface area contributed by atoms with E-state index in [2.05, 4.69) is 10.3 Å². The van der Waals surface area contributed by atoms with E-state index in [9.17, 15) is 14.0 Å². The maximum absolute atomic E-state index is 14.0. The fourth-order valence-corrected chi connectivity index (χ4v) is 4.65. The minimum Gasteiger partial charge on any atom is -0.495 e. The number of para-hydroxylation sites is 2. The standard InChI is InChI=1S/C21H15ClFN3O3S2/c1-29-17-5-3-2-4-16(17)26-20(28)19-15(8-9-30-19)25-21(26)31-11-18(27)24-14-7-6-12(22)10-13(14)23/h2-10H,11H2,1H3,(H,24,27). The first-order valence-electron chi connectivity index (χ1n) is 8.99. The van der Waals surface area contributed by atoms with Gasteiger partial charge < -0.3 is 10.1 Å². The Hall–Kier alpha value is -2.88. The molecule has 6 nitrogen and oxygen atoms in total. The number of fused-ring (bicyclic) bond motifs is 1. The third-order valence-corrected chi connectivity index (χ3v) is 6.38. The molecule has 0 atom stereocenters. The number of ether oxygens (including phenoxy) is 1. The molecule has 0 aliphatic carbocycles. The fraction of sp³-hybridized carbons (Fsp3) is 0.0952. The van der Waals surface area contributed by atoms with Crippen LogP contribution in [-0.2, 0) is 4.79 Å². The molecule has 0 saturated carbocycles. The Morgan fingerprint density at radius 1 is 1.29 bits per heavy atom. The molecule has 0 fully saturated rings. The lowest BCUT2D eigenvalue weighted by Crippen LogP contribution is -2.22. The maximum Gasteiger partial charge on any atom is 0.276 e. The lowest BCUT2D eigenvalue weighted by atomic mass is 10.3. The van der Waals surface area contributed by atoms with Crippen LogP contribution in [0.1, 0.15) is 0 Å². The predicted molar refractivity (Wildman–Crippen MR) is 123 cm³/mol. The number of methoxy groups -OCH3 is 1. The zero-order valence-corrected chi connectivity index (χ0v) is 18.5. The van der Waals surface area contributed by atoms with Crippen molar-refractivity contribution in [3.63, 3.8) is 0 Å². The second kappa shape index (κ2) is 9.09. The van der Waals surface area contributed by atoms with Gasteiger partial charge >= 0.3 is 0 Å². The van der Waals surface area contributed by atoms with E-state index in [4.69, 9.17) is 16.3 Å². The third kappa shape index (κ3) is 4.43. The van der Waals surface area contributed by atoms with Gasteiger partial charge in [-0.05, 0) is 41.8 Å². The smallest absolute Gasteiger partial charge is 0.276 e. The van der Waals surface area contributed by atoms with Crippen molar-refractivity contribution in [2.24, 2.45) is 0 Å². The average Bonchev–Trinajstić information content (AvgIpc) is 3.23. The monoisotopic (exact) mass is 475 g/mol. The van der Waals surface area contributed by atoms with Crippen LogP contribution in [0.2, 0.25) is 5.02 Å². The molecule has 0 spiro atoms. The van der Waals surface area contributed by atoms with Crippen molar-refractivity contribution in [1.29, 1.82) is 0 Å². The Kier molecular flexibility index (Phi) is 6.26. The summed E-state index contributed by atoms with van der Waals surface area (Å²) < 4.78 is 21.3. The van der Waals surface area contributed by atoms with Gasteiger partial charge in [0.25, 0.3) is 5.56 Å². The van der Waals surface area contributed by atoms with Crippen molar-refractivity contribution in [1.82, 2.24) is 9.55 Å². The summed E-state index contributed by atoms with van der Waals surface area (Å²) in [6.45, 7) is 0. The molecule has 2 heterocycles. The van der Waals surface area contributed by atoms with Crippen LogP contribution in [0.5, 0.6) is 5.75 Å². The molecule has 0 aliphatic heterocycles. The highest BCUT2D eigenvalue weighted by Gasteiger charge is 2.18. The molecule has 0 bridgehead atoms. The van der Waals surface area contributed by atoms with Gasteiger partial charge in [0.15, 0.2) is 5.16 Å². The molecule has 2 aromatic heterocycles. The van der Waals surface area contributed by atoms with Gasteiger partial charge in [-0.25, -0.2) is 9.37 Å². The third-order valence-electron chi connectivity index (χ3n) is 4.31. The van der Waals surface area contributed by atoms with E-state index < -0.39 is 11.7 Å². The molecule has 4 rings (SSSR count). The molecule has 1 N–H and O–H groups in total.